The first kappa shape index (κ1) is 33.2. The lowest BCUT2D eigenvalue weighted by Crippen LogP contribution is -2.31. The Hall–Kier alpha value is -5.65. The van der Waals surface area contributed by atoms with Gasteiger partial charge in [-0.25, -0.2) is 0 Å². The molecule has 3 heterocycles. The van der Waals surface area contributed by atoms with Crippen molar-refractivity contribution < 1.29 is 19.1 Å². The quantitative estimate of drug-likeness (QED) is 0.127. The molecule has 240 valence electrons. The van der Waals surface area contributed by atoms with Crippen molar-refractivity contribution in [1.82, 2.24) is 24.8 Å². The summed E-state index contributed by atoms with van der Waals surface area (Å²) in [6.07, 6.45) is 9.18. The summed E-state index contributed by atoms with van der Waals surface area (Å²) in [7, 11) is 5.07. The number of rotatable bonds is 13. The number of hydrogen-bond acceptors (Lipinski definition) is 6. The van der Waals surface area contributed by atoms with Crippen LogP contribution in [-0.2, 0) is 14.1 Å². The van der Waals surface area contributed by atoms with E-state index in [9.17, 15) is 14.4 Å². The Labute approximate surface area is 268 Å². The Kier molecular flexibility index (Phi) is 11.5. The number of aryl methyl sites for hydroxylation is 2. The number of aliphatic imine (C=N–C) groups is 1. The third-order valence-electron chi connectivity index (χ3n) is 6.96. The van der Waals surface area contributed by atoms with Gasteiger partial charge in [0.15, 0.2) is 0 Å². The van der Waals surface area contributed by atoms with E-state index < -0.39 is 0 Å². The molecule has 0 unspecified atom stereocenters. The maximum Gasteiger partial charge on any atom is 0.272 e. The van der Waals surface area contributed by atoms with Crippen LogP contribution in [0.15, 0.2) is 72.1 Å². The van der Waals surface area contributed by atoms with Gasteiger partial charge in [-0.3, -0.25) is 24.4 Å². The first-order chi connectivity index (χ1) is 22.2. The number of methoxy groups -OCH3 is 1. The standard InChI is InChI=1S/C34H40N8O4/c1-6-35-31(36-7-2)15-16-37-33(44)29-18-27(22-41(29)3)40-34(45)30-19-26(21-42(30)4)39-32(43)24-12-14-25(38-20-24)13-11-23-9-8-10-28(17-23)46-5/h8-14,17-22H,6-7,15-16H2,1-5H3,(H,35,36)(H,37,44)(H,39,43)(H,40,45)/b13-11+. The van der Waals surface area contributed by atoms with Gasteiger partial charge in [-0.1, -0.05) is 18.2 Å². The smallest absolute Gasteiger partial charge is 0.272 e. The minimum atomic E-state index is -0.388. The number of ether oxygens (including phenoxy) is 1. The number of carbonyl (C=O) groups excluding carboxylic acids is 3. The summed E-state index contributed by atoms with van der Waals surface area (Å²) in [6.45, 7) is 5.82. The zero-order chi connectivity index (χ0) is 33.1. The Morgan fingerprint density at radius 2 is 1.57 bits per heavy atom. The van der Waals surface area contributed by atoms with E-state index in [1.165, 1.54) is 6.20 Å². The molecule has 0 aliphatic heterocycles. The van der Waals surface area contributed by atoms with Crippen molar-refractivity contribution in [2.75, 3.05) is 37.4 Å². The molecule has 0 bridgehead atoms. The molecule has 12 heteroatoms. The Balaban J connectivity index is 1.33. The van der Waals surface area contributed by atoms with Gasteiger partial charge in [-0.2, -0.15) is 0 Å². The monoisotopic (exact) mass is 624 g/mol. The third-order valence-corrected chi connectivity index (χ3v) is 6.96. The van der Waals surface area contributed by atoms with Crippen molar-refractivity contribution in [2.24, 2.45) is 19.1 Å². The molecule has 4 N–H and O–H groups in total. The molecular formula is C34H40N8O4. The average molecular weight is 625 g/mol. The van der Waals surface area contributed by atoms with Crippen LogP contribution in [0.3, 0.4) is 0 Å². The van der Waals surface area contributed by atoms with Crippen LogP contribution in [-0.4, -0.2) is 64.4 Å². The molecule has 0 radical (unpaired) electrons. The van der Waals surface area contributed by atoms with E-state index in [4.69, 9.17) is 4.74 Å². The van der Waals surface area contributed by atoms with Crippen LogP contribution in [0.5, 0.6) is 5.75 Å². The number of amides is 3. The number of amidine groups is 1. The van der Waals surface area contributed by atoms with Gasteiger partial charge >= 0.3 is 0 Å². The van der Waals surface area contributed by atoms with E-state index >= 15 is 0 Å². The number of hydrogen-bond donors (Lipinski definition) is 4. The number of anilines is 2. The zero-order valence-electron chi connectivity index (χ0n) is 26.8. The molecule has 0 fully saturated rings. The van der Waals surface area contributed by atoms with Gasteiger partial charge < -0.3 is 35.1 Å². The lowest BCUT2D eigenvalue weighted by Gasteiger charge is -2.09. The maximum absolute atomic E-state index is 13.1. The molecular weight excluding hydrogens is 584 g/mol. The summed E-state index contributed by atoms with van der Waals surface area (Å²) in [5.74, 6) is 0.619. The van der Waals surface area contributed by atoms with Gasteiger partial charge in [0.05, 0.1) is 35.6 Å². The van der Waals surface area contributed by atoms with E-state index in [-0.39, 0.29) is 17.7 Å². The van der Waals surface area contributed by atoms with Gasteiger partial charge in [0.1, 0.15) is 17.1 Å². The van der Waals surface area contributed by atoms with Crippen molar-refractivity contribution in [2.45, 2.75) is 20.3 Å². The van der Waals surface area contributed by atoms with E-state index in [1.807, 2.05) is 50.3 Å². The van der Waals surface area contributed by atoms with Crippen molar-refractivity contribution in [3.63, 3.8) is 0 Å². The van der Waals surface area contributed by atoms with Gasteiger partial charge in [-0.05, 0) is 61.9 Å². The van der Waals surface area contributed by atoms with Crippen molar-refractivity contribution in [3.8, 4) is 5.75 Å². The zero-order valence-corrected chi connectivity index (χ0v) is 26.8. The average Bonchev–Trinajstić information content (AvgIpc) is 3.61. The highest BCUT2D eigenvalue weighted by Crippen LogP contribution is 2.19. The number of aromatic nitrogens is 3. The first-order valence-corrected chi connectivity index (χ1v) is 15.0. The largest absolute Gasteiger partial charge is 0.497 e. The van der Waals surface area contributed by atoms with Crippen LogP contribution in [0.25, 0.3) is 12.2 Å². The molecule has 0 aliphatic rings. The van der Waals surface area contributed by atoms with Crippen LogP contribution in [0.4, 0.5) is 11.4 Å². The molecule has 0 saturated heterocycles. The van der Waals surface area contributed by atoms with Crippen molar-refractivity contribution in [3.05, 3.63) is 95.3 Å². The van der Waals surface area contributed by atoms with Crippen molar-refractivity contribution >= 4 is 47.1 Å². The van der Waals surface area contributed by atoms with Gasteiger partial charge in [0.25, 0.3) is 17.7 Å². The second-order valence-corrected chi connectivity index (χ2v) is 10.4. The van der Waals surface area contributed by atoms with Crippen LogP contribution in [0, 0.1) is 0 Å². The van der Waals surface area contributed by atoms with Gasteiger partial charge in [-0.15, -0.1) is 0 Å². The third kappa shape index (κ3) is 8.94. The summed E-state index contributed by atoms with van der Waals surface area (Å²) in [6, 6.07) is 14.3. The van der Waals surface area contributed by atoms with Crippen LogP contribution >= 0.6 is 0 Å². The Bertz CT molecular complexity index is 1730. The highest BCUT2D eigenvalue weighted by molar-refractivity contribution is 6.07. The highest BCUT2D eigenvalue weighted by atomic mass is 16.5. The van der Waals surface area contributed by atoms with Gasteiger partial charge in [0.2, 0.25) is 0 Å². The molecule has 4 aromatic rings. The van der Waals surface area contributed by atoms with Crippen LogP contribution in [0.2, 0.25) is 0 Å². The highest BCUT2D eigenvalue weighted by Gasteiger charge is 2.17. The van der Waals surface area contributed by atoms with Crippen molar-refractivity contribution in [1.29, 1.82) is 0 Å². The predicted octanol–water partition coefficient (Wildman–Crippen LogP) is 4.59. The molecule has 3 amide bonds. The van der Waals surface area contributed by atoms with Gasteiger partial charge in [0, 0.05) is 58.7 Å². The molecule has 3 aromatic heterocycles. The fraction of sp³-hybridized carbons (Fsp3) is 0.265. The minimum Gasteiger partial charge on any atom is -0.497 e. The lowest BCUT2D eigenvalue weighted by atomic mass is 10.1. The summed E-state index contributed by atoms with van der Waals surface area (Å²) >= 11 is 0. The summed E-state index contributed by atoms with van der Waals surface area (Å²) in [5.41, 5.74) is 3.69. The number of nitrogens with one attached hydrogen (secondary N) is 4. The summed E-state index contributed by atoms with van der Waals surface area (Å²) in [5, 5.41) is 11.8. The van der Waals surface area contributed by atoms with E-state index in [1.54, 1.807) is 67.0 Å². The van der Waals surface area contributed by atoms with E-state index in [0.717, 1.165) is 23.7 Å². The summed E-state index contributed by atoms with van der Waals surface area (Å²) in [4.78, 5) is 47.5. The SMILES string of the molecule is CCN=C(CCNC(=O)c1cc(NC(=O)c2cc(NC(=O)c3ccc(/C=C/c4cccc(OC)c4)nc3)cn2C)cn1C)NCC. The number of carbonyl (C=O) groups is 3. The molecule has 4 rings (SSSR count). The fourth-order valence-electron chi connectivity index (χ4n) is 4.68. The fourth-order valence-corrected chi connectivity index (χ4v) is 4.68. The summed E-state index contributed by atoms with van der Waals surface area (Å²) < 4.78 is 8.52. The molecule has 46 heavy (non-hydrogen) atoms. The van der Waals surface area contributed by atoms with Crippen LogP contribution < -0.4 is 26.0 Å². The normalized spacial score (nSPS) is 11.4. The number of nitrogens with zero attached hydrogens (tertiary/aromatic N) is 4. The number of benzene rings is 1. The first-order valence-electron chi connectivity index (χ1n) is 15.0. The molecule has 0 spiro atoms. The lowest BCUT2D eigenvalue weighted by molar-refractivity contribution is 0.0945. The van der Waals surface area contributed by atoms with Crippen LogP contribution in [0.1, 0.15) is 62.9 Å². The number of pyridine rings is 1. The predicted molar refractivity (Wildman–Crippen MR) is 181 cm³/mol. The molecule has 0 aliphatic carbocycles. The Morgan fingerprint density at radius 3 is 2.20 bits per heavy atom. The molecule has 12 nitrogen and oxygen atoms in total. The molecule has 0 atom stereocenters. The maximum atomic E-state index is 13.1. The van der Waals surface area contributed by atoms with E-state index in [2.05, 4.69) is 31.2 Å². The minimum absolute atomic E-state index is 0.255. The second-order valence-electron chi connectivity index (χ2n) is 10.4. The second kappa shape index (κ2) is 15.9. The van der Waals surface area contributed by atoms with E-state index in [0.29, 0.717) is 53.5 Å². The molecule has 1 aromatic carbocycles. The Morgan fingerprint density at radius 1 is 0.870 bits per heavy atom. The molecule has 0 saturated carbocycles. The topological polar surface area (TPSA) is 144 Å².